The third-order valence-corrected chi connectivity index (χ3v) is 6.47. The summed E-state index contributed by atoms with van der Waals surface area (Å²) in [5.41, 5.74) is 6.97. The molecule has 4 aromatic rings. The molecule has 0 spiro atoms. The number of benzene rings is 2. The van der Waals surface area contributed by atoms with Crippen molar-refractivity contribution in [3.05, 3.63) is 65.4 Å². The van der Waals surface area contributed by atoms with Gasteiger partial charge in [-0.05, 0) is 61.1 Å². The van der Waals surface area contributed by atoms with Gasteiger partial charge in [-0.15, -0.1) is 0 Å². The van der Waals surface area contributed by atoms with Crippen LogP contribution >= 0.6 is 0 Å². The number of aromatic nitrogens is 1. The van der Waals surface area contributed by atoms with Crippen LogP contribution < -0.4 is 4.57 Å². The molecule has 0 atom stereocenters. The molecule has 5 rings (SSSR count). The van der Waals surface area contributed by atoms with E-state index in [1.165, 1.54) is 37.7 Å². The van der Waals surface area contributed by atoms with Gasteiger partial charge in [0.05, 0.1) is 17.2 Å². The van der Waals surface area contributed by atoms with Gasteiger partial charge in [-0.3, -0.25) is 0 Å². The number of hydrogen-bond donors (Lipinski definition) is 0. The lowest BCUT2D eigenvalue weighted by Gasteiger charge is -2.21. The standard InChI is InChI=1S/C26H25N2O/c1-17-14-20(16-27)25-21-15-19(18-8-4-3-5-9-18)11-12-23(21)29-26(25)24(17)22-10-6-7-13-28(22)2/h6-7,10-15,18H,3-5,8-9H2,1-2H3/q+1. The van der Waals surface area contributed by atoms with Gasteiger partial charge >= 0.3 is 0 Å². The fourth-order valence-electron chi connectivity index (χ4n) is 4.98. The maximum Gasteiger partial charge on any atom is 0.216 e. The van der Waals surface area contributed by atoms with Gasteiger partial charge in [0.25, 0.3) is 0 Å². The quantitative estimate of drug-likeness (QED) is 0.382. The molecule has 2 heterocycles. The first-order valence-electron chi connectivity index (χ1n) is 10.5. The summed E-state index contributed by atoms with van der Waals surface area (Å²) in [5, 5.41) is 11.9. The van der Waals surface area contributed by atoms with Gasteiger partial charge in [0.1, 0.15) is 12.6 Å². The zero-order valence-corrected chi connectivity index (χ0v) is 17.0. The van der Waals surface area contributed by atoms with Crippen molar-refractivity contribution in [2.45, 2.75) is 44.9 Å². The van der Waals surface area contributed by atoms with Crippen molar-refractivity contribution in [1.29, 1.82) is 5.26 Å². The van der Waals surface area contributed by atoms with Crippen LogP contribution in [0, 0.1) is 18.3 Å². The van der Waals surface area contributed by atoms with Crippen LogP contribution in [0.4, 0.5) is 0 Å². The van der Waals surface area contributed by atoms with Gasteiger partial charge in [0, 0.05) is 22.9 Å². The summed E-state index contributed by atoms with van der Waals surface area (Å²) in [4.78, 5) is 0. The molecule has 2 aromatic heterocycles. The van der Waals surface area contributed by atoms with Gasteiger partial charge in [0.15, 0.2) is 11.8 Å². The van der Waals surface area contributed by atoms with Crippen LogP contribution in [0.3, 0.4) is 0 Å². The van der Waals surface area contributed by atoms with Crippen molar-refractivity contribution in [1.82, 2.24) is 0 Å². The van der Waals surface area contributed by atoms with Crippen molar-refractivity contribution < 1.29 is 8.98 Å². The first-order chi connectivity index (χ1) is 14.2. The number of nitriles is 1. The molecule has 0 amide bonds. The maximum absolute atomic E-state index is 9.88. The first kappa shape index (κ1) is 17.9. The number of furan rings is 1. The molecule has 29 heavy (non-hydrogen) atoms. The van der Waals surface area contributed by atoms with Crippen LogP contribution in [0.2, 0.25) is 0 Å². The van der Waals surface area contributed by atoms with Gasteiger partial charge in [-0.25, -0.2) is 4.57 Å². The monoisotopic (exact) mass is 381 g/mol. The Morgan fingerprint density at radius 2 is 1.90 bits per heavy atom. The van der Waals surface area contributed by atoms with E-state index in [1.54, 1.807) is 0 Å². The molecule has 0 radical (unpaired) electrons. The van der Waals surface area contributed by atoms with Crippen LogP contribution in [-0.4, -0.2) is 0 Å². The van der Waals surface area contributed by atoms with Gasteiger partial charge in [0.2, 0.25) is 5.69 Å². The SMILES string of the molecule is Cc1cc(C#N)c2c(oc3ccc(C4CCCCC4)cc32)c1-c1cccc[n+]1C. The second-order valence-corrected chi connectivity index (χ2v) is 8.32. The van der Waals surface area contributed by atoms with E-state index in [-0.39, 0.29) is 0 Å². The van der Waals surface area contributed by atoms with Crippen LogP contribution in [0.15, 0.2) is 53.1 Å². The molecule has 0 aliphatic heterocycles. The molecule has 0 unspecified atom stereocenters. The fraction of sp³-hybridized carbons (Fsp3) is 0.308. The fourth-order valence-corrected chi connectivity index (χ4v) is 4.98. The Labute approximate surface area is 171 Å². The van der Waals surface area contributed by atoms with Crippen molar-refractivity contribution in [3.63, 3.8) is 0 Å². The zero-order chi connectivity index (χ0) is 20.0. The molecule has 3 nitrogen and oxygen atoms in total. The van der Waals surface area contributed by atoms with E-state index in [2.05, 4.69) is 41.8 Å². The van der Waals surface area contributed by atoms with E-state index in [1.807, 2.05) is 31.4 Å². The second kappa shape index (κ2) is 7.04. The molecular formula is C26H25N2O+. The molecular weight excluding hydrogens is 356 g/mol. The number of fused-ring (bicyclic) bond motifs is 3. The Kier molecular flexibility index (Phi) is 4.36. The average Bonchev–Trinajstić information content (AvgIpc) is 3.13. The highest BCUT2D eigenvalue weighted by Gasteiger charge is 2.24. The molecule has 0 bridgehead atoms. The third-order valence-electron chi connectivity index (χ3n) is 6.47. The molecule has 0 N–H and O–H groups in total. The van der Waals surface area contributed by atoms with E-state index in [9.17, 15) is 5.26 Å². The topological polar surface area (TPSA) is 40.8 Å². The summed E-state index contributed by atoms with van der Waals surface area (Å²) in [5.74, 6) is 0.625. The Morgan fingerprint density at radius 3 is 2.66 bits per heavy atom. The van der Waals surface area contributed by atoms with Crippen molar-refractivity contribution in [2.24, 2.45) is 7.05 Å². The summed E-state index contributed by atoms with van der Waals surface area (Å²) in [6.45, 7) is 2.06. The maximum atomic E-state index is 9.88. The van der Waals surface area contributed by atoms with E-state index < -0.39 is 0 Å². The Hall–Kier alpha value is -3.12. The minimum absolute atomic E-state index is 0.625. The molecule has 0 saturated heterocycles. The molecule has 3 heteroatoms. The summed E-state index contributed by atoms with van der Waals surface area (Å²) in [6, 6.07) is 17.2. The van der Waals surface area contributed by atoms with E-state index in [0.717, 1.165) is 38.8 Å². The first-order valence-corrected chi connectivity index (χ1v) is 10.5. The number of hydrogen-bond acceptors (Lipinski definition) is 2. The minimum atomic E-state index is 0.625. The normalized spacial score (nSPS) is 15.1. The highest BCUT2D eigenvalue weighted by molar-refractivity contribution is 6.12. The van der Waals surface area contributed by atoms with Gasteiger partial charge in [-0.2, -0.15) is 5.26 Å². The number of rotatable bonds is 2. The predicted molar refractivity (Wildman–Crippen MR) is 116 cm³/mol. The summed E-state index contributed by atoms with van der Waals surface area (Å²) in [6.07, 6.45) is 8.54. The predicted octanol–water partition coefficient (Wildman–Crippen LogP) is 6.31. The molecule has 1 aliphatic rings. The van der Waals surface area contributed by atoms with Crippen molar-refractivity contribution in [3.8, 4) is 17.3 Å². The number of pyridine rings is 1. The molecule has 144 valence electrons. The van der Waals surface area contributed by atoms with Gasteiger partial charge < -0.3 is 4.42 Å². The van der Waals surface area contributed by atoms with E-state index in [4.69, 9.17) is 4.42 Å². The number of nitrogens with zero attached hydrogens (tertiary/aromatic N) is 2. The summed E-state index contributed by atoms with van der Waals surface area (Å²) in [7, 11) is 2.04. The molecule has 2 aromatic carbocycles. The average molecular weight is 381 g/mol. The molecule has 1 fully saturated rings. The van der Waals surface area contributed by atoms with E-state index in [0.29, 0.717) is 11.5 Å². The van der Waals surface area contributed by atoms with Crippen LogP contribution in [0.1, 0.15) is 54.7 Å². The smallest absolute Gasteiger partial charge is 0.216 e. The summed E-state index contributed by atoms with van der Waals surface area (Å²) < 4.78 is 8.50. The Balaban J connectivity index is 1.81. The van der Waals surface area contributed by atoms with Crippen molar-refractivity contribution in [2.75, 3.05) is 0 Å². The van der Waals surface area contributed by atoms with Crippen molar-refractivity contribution >= 4 is 21.9 Å². The lowest BCUT2D eigenvalue weighted by Crippen LogP contribution is -2.30. The van der Waals surface area contributed by atoms with Crippen LogP contribution in [0.25, 0.3) is 33.2 Å². The Bertz CT molecular complexity index is 1270. The zero-order valence-electron chi connectivity index (χ0n) is 17.0. The highest BCUT2D eigenvalue weighted by Crippen LogP contribution is 2.41. The Morgan fingerprint density at radius 1 is 1.07 bits per heavy atom. The minimum Gasteiger partial charge on any atom is -0.455 e. The third kappa shape index (κ3) is 2.91. The molecule has 1 aliphatic carbocycles. The number of aryl methyl sites for hydroxylation is 2. The lowest BCUT2D eigenvalue weighted by atomic mass is 9.83. The summed E-state index contributed by atoms with van der Waals surface area (Å²) >= 11 is 0. The lowest BCUT2D eigenvalue weighted by molar-refractivity contribution is -0.660. The van der Waals surface area contributed by atoms with E-state index >= 15 is 0 Å². The van der Waals surface area contributed by atoms with Crippen LogP contribution in [0.5, 0.6) is 0 Å². The highest BCUT2D eigenvalue weighted by atomic mass is 16.3. The largest absolute Gasteiger partial charge is 0.455 e. The van der Waals surface area contributed by atoms with Crippen LogP contribution in [-0.2, 0) is 7.05 Å². The second-order valence-electron chi connectivity index (χ2n) is 8.32. The van der Waals surface area contributed by atoms with Gasteiger partial charge in [-0.1, -0.05) is 25.3 Å². The molecule has 1 saturated carbocycles.